The molecular formula is C20H21NO. The van der Waals surface area contributed by atoms with Gasteiger partial charge in [-0.05, 0) is 48.9 Å². The highest BCUT2D eigenvalue weighted by Crippen LogP contribution is 2.55. The zero-order valence-electron chi connectivity index (χ0n) is 13.0. The fourth-order valence-corrected chi connectivity index (χ4v) is 4.28. The minimum atomic E-state index is -0.285. The first-order chi connectivity index (χ1) is 10.8. The van der Waals surface area contributed by atoms with Gasteiger partial charge in [0, 0.05) is 5.69 Å². The monoisotopic (exact) mass is 291 g/mol. The van der Waals surface area contributed by atoms with Gasteiger partial charge in [0.15, 0.2) is 0 Å². The van der Waals surface area contributed by atoms with Crippen molar-refractivity contribution in [3.05, 3.63) is 60.2 Å². The molecule has 0 unspecified atom stereocenters. The highest BCUT2D eigenvalue weighted by Gasteiger charge is 2.54. The Labute approximate surface area is 131 Å². The Hall–Kier alpha value is -2.09. The van der Waals surface area contributed by atoms with Crippen LogP contribution in [0.15, 0.2) is 54.6 Å². The fraction of sp³-hybridized carbons (Fsp3) is 0.350. The minimum absolute atomic E-state index is 0.274. The van der Waals surface area contributed by atoms with Crippen LogP contribution in [-0.2, 0) is 10.2 Å². The lowest BCUT2D eigenvalue weighted by Gasteiger charge is -2.24. The molecule has 2 nitrogen and oxygen atoms in total. The Morgan fingerprint density at radius 1 is 1.09 bits per heavy atom. The summed E-state index contributed by atoms with van der Waals surface area (Å²) in [6.45, 7) is 2.24. The third kappa shape index (κ3) is 1.76. The first kappa shape index (κ1) is 13.6. The van der Waals surface area contributed by atoms with Crippen LogP contribution >= 0.6 is 0 Å². The van der Waals surface area contributed by atoms with E-state index in [1.807, 2.05) is 41.3 Å². The Balaban J connectivity index is 1.86. The zero-order valence-corrected chi connectivity index (χ0v) is 13.0. The van der Waals surface area contributed by atoms with Crippen LogP contribution in [0, 0.1) is 5.92 Å². The number of hydrogen-bond acceptors (Lipinski definition) is 1. The molecule has 1 fully saturated rings. The molecule has 1 spiro atoms. The van der Waals surface area contributed by atoms with Crippen LogP contribution in [-0.4, -0.2) is 5.91 Å². The highest BCUT2D eigenvalue weighted by molar-refractivity contribution is 6.13. The number of fused-ring (bicyclic) bond motifs is 2. The minimum Gasteiger partial charge on any atom is -0.280 e. The molecule has 0 saturated heterocycles. The van der Waals surface area contributed by atoms with E-state index in [1.54, 1.807) is 0 Å². The van der Waals surface area contributed by atoms with Gasteiger partial charge in [0.05, 0.1) is 11.1 Å². The molecular weight excluding hydrogens is 270 g/mol. The maximum atomic E-state index is 13.4. The van der Waals surface area contributed by atoms with E-state index in [1.165, 1.54) is 18.4 Å². The average Bonchev–Trinajstić information content (AvgIpc) is 3.11. The fourth-order valence-electron chi connectivity index (χ4n) is 4.28. The maximum Gasteiger partial charge on any atom is 0.242 e. The first-order valence-corrected chi connectivity index (χ1v) is 8.25. The van der Waals surface area contributed by atoms with E-state index in [2.05, 4.69) is 25.1 Å². The Bertz CT molecular complexity index is 709. The number of nitrogens with zero attached hydrogens (tertiary/aromatic N) is 1. The van der Waals surface area contributed by atoms with Gasteiger partial charge in [-0.25, -0.2) is 0 Å². The third-order valence-corrected chi connectivity index (χ3v) is 5.48. The van der Waals surface area contributed by atoms with Crippen LogP contribution in [0.4, 0.5) is 11.4 Å². The smallest absolute Gasteiger partial charge is 0.242 e. The number of anilines is 2. The Morgan fingerprint density at radius 2 is 1.82 bits per heavy atom. The molecule has 1 saturated carbocycles. The SMILES string of the molecule is CC[C@H]1CC[C@]2(C1)C(=O)N(c1ccccc1)c1ccccc12. The number of hydrogen-bond donors (Lipinski definition) is 0. The summed E-state index contributed by atoms with van der Waals surface area (Å²) in [5.74, 6) is 0.948. The summed E-state index contributed by atoms with van der Waals surface area (Å²) in [6.07, 6.45) is 4.33. The second kappa shape index (κ2) is 4.98. The van der Waals surface area contributed by atoms with Crippen molar-refractivity contribution in [2.45, 2.75) is 38.0 Å². The molecule has 4 rings (SSSR count). The summed E-state index contributed by atoms with van der Waals surface area (Å²) in [5.41, 5.74) is 3.01. The van der Waals surface area contributed by atoms with Crippen molar-refractivity contribution in [3.8, 4) is 0 Å². The van der Waals surface area contributed by atoms with Gasteiger partial charge in [0.2, 0.25) is 5.91 Å². The molecule has 2 heteroatoms. The van der Waals surface area contributed by atoms with Crippen molar-refractivity contribution < 1.29 is 4.79 Å². The Morgan fingerprint density at radius 3 is 2.55 bits per heavy atom. The number of amides is 1. The summed E-state index contributed by atoms with van der Waals surface area (Å²) in [4.78, 5) is 15.3. The van der Waals surface area contributed by atoms with Gasteiger partial charge in [-0.2, -0.15) is 0 Å². The number of rotatable bonds is 2. The first-order valence-electron chi connectivity index (χ1n) is 8.25. The van der Waals surface area contributed by atoms with Crippen molar-refractivity contribution in [1.82, 2.24) is 0 Å². The summed E-state index contributed by atoms with van der Waals surface area (Å²) in [6, 6.07) is 18.4. The molecule has 1 amide bonds. The third-order valence-electron chi connectivity index (χ3n) is 5.48. The van der Waals surface area contributed by atoms with Crippen molar-refractivity contribution in [1.29, 1.82) is 0 Å². The van der Waals surface area contributed by atoms with Crippen LogP contribution < -0.4 is 4.90 Å². The molecule has 0 N–H and O–H groups in total. The summed E-state index contributed by atoms with van der Waals surface area (Å²) >= 11 is 0. The predicted octanol–water partition coefficient (Wildman–Crippen LogP) is 4.81. The summed E-state index contributed by atoms with van der Waals surface area (Å²) in [5, 5.41) is 0. The zero-order chi connectivity index (χ0) is 15.2. The van der Waals surface area contributed by atoms with Gasteiger partial charge in [0.1, 0.15) is 0 Å². The van der Waals surface area contributed by atoms with Crippen molar-refractivity contribution in [2.75, 3.05) is 4.90 Å². The largest absolute Gasteiger partial charge is 0.280 e. The predicted molar refractivity (Wildman–Crippen MR) is 89.3 cm³/mol. The lowest BCUT2D eigenvalue weighted by molar-refractivity contribution is -0.122. The van der Waals surface area contributed by atoms with Crippen LogP contribution in [0.25, 0.3) is 0 Å². The van der Waals surface area contributed by atoms with E-state index >= 15 is 0 Å². The van der Waals surface area contributed by atoms with Gasteiger partial charge < -0.3 is 0 Å². The molecule has 0 radical (unpaired) electrons. The lowest BCUT2D eigenvalue weighted by atomic mass is 9.79. The molecule has 1 aliphatic heterocycles. The van der Waals surface area contributed by atoms with Crippen molar-refractivity contribution in [2.24, 2.45) is 5.92 Å². The van der Waals surface area contributed by atoms with Gasteiger partial charge >= 0.3 is 0 Å². The molecule has 0 aromatic heterocycles. The second-order valence-corrected chi connectivity index (χ2v) is 6.59. The molecule has 112 valence electrons. The van der Waals surface area contributed by atoms with Crippen LogP contribution in [0.1, 0.15) is 38.2 Å². The van der Waals surface area contributed by atoms with Crippen molar-refractivity contribution in [3.63, 3.8) is 0 Å². The van der Waals surface area contributed by atoms with Crippen LogP contribution in [0.5, 0.6) is 0 Å². The molecule has 2 aromatic rings. The van der Waals surface area contributed by atoms with E-state index < -0.39 is 0 Å². The van der Waals surface area contributed by atoms with E-state index in [0.29, 0.717) is 5.92 Å². The van der Waals surface area contributed by atoms with E-state index in [9.17, 15) is 4.79 Å². The molecule has 1 heterocycles. The molecule has 0 bridgehead atoms. The Kier molecular flexibility index (Phi) is 3.07. The molecule has 22 heavy (non-hydrogen) atoms. The lowest BCUT2D eigenvalue weighted by Crippen LogP contribution is -2.36. The highest BCUT2D eigenvalue weighted by atomic mass is 16.2. The van der Waals surface area contributed by atoms with Gasteiger partial charge in [0.25, 0.3) is 0 Å². The summed E-state index contributed by atoms with van der Waals surface area (Å²) in [7, 11) is 0. The molecule has 2 aliphatic rings. The van der Waals surface area contributed by atoms with Crippen LogP contribution in [0.3, 0.4) is 0 Å². The number of carbonyl (C=O) groups excluding carboxylic acids is 1. The van der Waals surface area contributed by atoms with E-state index in [4.69, 9.17) is 0 Å². The van der Waals surface area contributed by atoms with Gasteiger partial charge in [-0.3, -0.25) is 9.69 Å². The average molecular weight is 291 g/mol. The molecule has 2 aromatic carbocycles. The van der Waals surface area contributed by atoms with Gasteiger partial charge in [-0.15, -0.1) is 0 Å². The summed E-state index contributed by atoms with van der Waals surface area (Å²) < 4.78 is 0. The standard InChI is InChI=1S/C20H21NO/c1-2-15-12-13-20(14-15)17-10-6-7-11-18(17)21(19(20)22)16-8-4-3-5-9-16/h3-11,15H,2,12-14H2,1H3/t15-,20+/m0/s1. The number of carbonyl (C=O) groups is 1. The number of para-hydroxylation sites is 2. The molecule has 1 aliphatic carbocycles. The normalized spacial score (nSPS) is 26.7. The molecule has 2 atom stereocenters. The van der Waals surface area contributed by atoms with Crippen LogP contribution in [0.2, 0.25) is 0 Å². The van der Waals surface area contributed by atoms with Gasteiger partial charge in [-0.1, -0.05) is 49.7 Å². The maximum absolute atomic E-state index is 13.4. The quantitative estimate of drug-likeness (QED) is 0.777. The topological polar surface area (TPSA) is 20.3 Å². The van der Waals surface area contributed by atoms with E-state index in [0.717, 1.165) is 24.2 Å². The second-order valence-electron chi connectivity index (χ2n) is 6.59. The van der Waals surface area contributed by atoms with Crippen molar-refractivity contribution >= 4 is 17.3 Å². The van der Waals surface area contributed by atoms with E-state index in [-0.39, 0.29) is 11.3 Å². The number of benzene rings is 2.